The van der Waals surface area contributed by atoms with E-state index >= 15 is 0 Å². The number of hydrogen-bond donors (Lipinski definition) is 2. The summed E-state index contributed by atoms with van der Waals surface area (Å²) in [5.41, 5.74) is 8.21. The second kappa shape index (κ2) is 8.33. The van der Waals surface area contributed by atoms with Crippen LogP contribution in [0.3, 0.4) is 0 Å². The molecule has 10 nitrogen and oxygen atoms in total. The van der Waals surface area contributed by atoms with Gasteiger partial charge in [-0.3, -0.25) is 4.68 Å². The average Bonchev–Trinajstić information content (AvgIpc) is 3.59. The molecule has 35 heavy (non-hydrogen) atoms. The predicted molar refractivity (Wildman–Crippen MR) is 129 cm³/mol. The Hall–Kier alpha value is -3.47. The summed E-state index contributed by atoms with van der Waals surface area (Å²) in [6, 6.07) is 3.28. The number of fused-ring (bicyclic) bond motifs is 3. The van der Waals surface area contributed by atoms with E-state index in [1.54, 1.807) is 0 Å². The molecule has 0 radical (unpaired) electrons. The first-order valence-corrected chi connectivity index (χ1v) is 12.1. The van der Waals surface area contributed by atoms with Crippen molar-refractivity contribution in [1.29, 1.82) is 0 Å². The number of aliphatic hydroxyl groups excluding tert-OH is 1. The normalized spacial score (nSPS) is 25.1. The molecule has 4 atom stereocenters. The number of halogens is 1. The lowest BCUT2D eigenvalue weighted by atomic mass is 9.92. The van der Waals surface area contributed by atoms with Crippen molar-refractivity contribution in [3.05, 3.63) is 36.2 Å². The lowest BCUT2D eigenvalue weighted by Gasteiger charge is -2.37. The zero-order chi connectivity index (χ0) is 24.3. The SMILES string of the molecule is COc1cc2nc(N)n3nc(C4CCC(C)N(c5cnn([C@@H]6CCCC6O)c5)C4)nc3c2cc1F. The summed E-state index contributed by atoms with van der Waals surface area (Å²) in [7, 11) is 1.41. The Morgan fingerprint density at radius 2 is 2.03 bits per heavy atom. The molecule has 1 aromatic carbocycles. The third-order valence-electron chi connectivity index (χ3n) is 7.54. The quantitative estimate of drug-likeness (QED) is 0.457. The monoisotopic (exact) mass is 480 g/mol. The molecule has 3 N–H and O–H groups in total. The maximum atomic E-state index is 14.5. The molecule has 1 aliphatic heterocycles. The number of nitrogen functional groups attached to an aromatic ring is 1. The van der Waals surface area contributed by atoms with E-state index in [1.807, 2.05) is 17.1 Å². The fourth-order valence-corrected chi connectivity index (χ4v) is 5.54. The molecule has 11 heteroatoms. The van der Waals surface area contributed by atoms with Crippen molar-refractivity contribution in [3.8, 4) is 5.75 Å². The first-order valence-electron chi connectivity index (χ1n) is 12.1. The molecule has 3 unspecified atom stereocenters. The number of methoxy groups -OCH3 is 1. The molecular weight excluding hydrogens is 451 g/mol. The van der Waals surface area contributed by atoms with Crippen LogP contribution < -0.4 is 15.4 Å². The Bertz CT molecular complexity index is 1400. The van der Waals surface area contributed by atoms with Crippen molar-refractivity contribution in [3.63, 3.8) is 0 Å². The summed E-state index contributed by atoms with van der Waals surface area (Å²) in [4.78, 5) is 11.5. The van der Waals surface area contributed by atoms with Crippen LogP contribution in [0.2, 0.25) is 0 Å². The Balaban J connectivity index is 1.33. The van der Waals surface area contributed by atoms with Crippen molar-refractivity contribution in [1.82, 2.24) is 29.4 Å². The summed E-state index contributed by atoms with van der Waals surface area (Å²) in [5.74, 6) is 0.551. The van der Waals surface area contributed by atoms with Crippen LogP contribution in [0.5, 0.6) is 5.75 Å². The number of aliphatic hydroxyl groups is 1. The van der Waals surface area contributed by atoms with Gasteiger partial charge in [0.2, 0.25) is 5.95 Å². The molecule has 6 rings (SSSR count). The van der Waals surface area contributed by atoms with Gasteiger partial charge >= 0.3 is 0 Å². The van der Waals surface area contributed by atoms with Crippen LogP contribution in [0.1, 0.15) is 56.8 Å². The van der Waals surface area contributed by atoms with Crippen LogP contribution in [0.15, 0.2) is 24.5 Å². The van der Waals surface area contributed by atoms with Crippen LogP contribution >= 0.6 is 0 Å². The fourth-order valence-electron chi connectivity index (χ4n) is 5.54. The molecule has 4 aromatic rings. The minimum Gasteiger partial charge on any atom is -0.494 e. The standard InChI is InChI=1S/C24H29FN8O2/c1-13-6-7-14(11-31(13)15-10-27-32(12-15)19-4-3-5-20(19)34)22-29-23-16-8-17(25)21(35-2)9-18(16)28-24(26)33(23)30-22/h8-10,12-14,19-20,34H,3-7,11H2,1-2H3,(H2,26,28)/t13?,14?,19-,20?/m1/s1. The first kappa shape index (κ1) is 22.0. The van der Waals surface area contributed by atoms with E-state index in [9.17, 15) is 9.50 Å². The van der Waals surface area contributed by atoms with Gasteiger partial charge < -0.3 is 20.5 Å². The molecule has 2 aliphatic rings. The van der Waals surface area contributed by atoms with E-state index in [0.29, 0.717) is 28.4 Å². The minimum absolute atomic E-state index is 0.0440. The number of nitrogens with zero attached hydrogens (tertiary/aromatic N) is 7. The molecule has 0 bridgehead atoms. The highest BCUT2D eigenvalue weighted by molar-refractivity contribution is 5.93. The molecule has 1 saturated carbocycles. The van der Waals surface area contributed by atoms with Crippen LogP contribution in [-0.2, 0) is 0 Å². The highest BCUT2D eigenvalue weighted by atomic mass is 19.1. The molecule has 184 valence electrons. The summed E-state index contributed by atoms with van der Waals surface area (Å²) < 4.78 is 22.9. The Morgan fingerprint density at radius 3 is 2.80 bits per heavy atom. The van der Waals surface area contributed by atoms with Crippen molar-refractivity contribution < 1.29 is 14.2 Å². The second-order valence-corrected chi connectivity index (χ2v) is 9.70. The van der Waals surface area contributed by atoms with E-state index in [-0.39, 0.29) is 29.8 Å². The van der Waals surface area contributed by atoms with Crippen molar-refractivity contribution >= 4 is 28.2 Å². The fraction of sp³-hybridized carbons (Fsp3) is 0.500. The van der Waals surface area contributed by atoms with Gasteiger partial charge in [0.15, 0.2) is 23.0 Å². The summed E-state index contributed by atoms with van der Waals surface area (Å²) in [5, 5.41) is 20.1. The van der Waals surface area contributed by atoms with Crippen LogP contribution in [-0.4, -0.2) is 60.3 Å². The van der Waals surface area contributed by atoms with Crippen molar-refractivity contribution in [2.45, 2.75) is 63.1 Å². The highest BCUT2D eigenvalue weighted by Gasteiger charge is 2.32. The van der Waals surface area contributed by atoms with Gasteiger partial charge in [-0.05, 0) is 45.1 Å². The third kappa shape index (κ3) is 3.65. The van der Waals surface area contributed by atoms with E-state index in [0.717, 1.165) is 44.3 Å². The molecule has 3 aromatic heterocycles. The highest BCUT2D eigenvalue weighted by Crippen LogP contribution is 2.35. The number of hydrogen-bond acceptors (Lipinski definition) is 8. The zero-order valence-electron chi connectivity index (χ0n) is 19.8. The van der Waals surface area contributed by atoms with Gasteiger partial charge in [0.05, 0.1) is 36.7 Å². The van der Waals surface area contributed by atoms with E-state index in [4.69, 9.17) is 15.5 Å². The number of aromatic nitrogens is 6. The van der Waals surface area contributed by atoms with Gasteiger partial charge in [-0.1, -0.05) is 0 Å². The Kier molecular flexibility index (Phi) is 5.24. The molecule has 0 amide bonds. The Morgan fingerprint density at radius 1 is 1.17 bits per heavy atom. The second-order valence-electron chi connectivity index (χ2n) is 9.70. The minimum atomic E-state index is -0.486. The van der Waals surface area contributed by atoms with Gasteiger partial charge in [-0.2, -0.15) is 9.61 Å². The summed E-state index contributed by atoms with van der Waals surface area (Å²) >= 11 is 0. The summed E-state index contributed by atoms with van der Waals surface area (Å²) in [6.07, 6.45) is 8.27. The molecule has 2 fully saturated rings. The average molecular weight is 481 g/mol. The number of benzene rings is 1. The number of piperidine rings is 1. The molecule has 0 spiro atoms. The zero-order valence-corrected chi connectivity index (χ0v) is 19.8. The van der Waals surface area contributed by atoms with Crippen LogP contribution in [0, 0.1) is 5.82 Å². The van der Waals surface area contributed by atoms with E-state index in [1.165, 1.54) is 23.8 Å². The largest absolute Gasteiger partial charge is 0.494 e. The van der Waals surface area contributed by atoms with Gasteiger partial charge in [-0.15, -0.1) is 5.10 Å². The van der Waals surface area contributed by atoms with Gasteiger partial charge in [-0.25, -0.2) is 14.4 Å². The molecule has 4 heterocycles. The predicted octanol–water partition coefficient (Wildman–Crippen LogP) is 3.06. The van der Waals surface area contributed by atoms with E-state index < -0.39 is 5.82 Å². The topological polar surface area (TPSA) is 120 Å². The number of anilines is 2. The number of nitrogens with two attached hydrogens (primary N) is 1. The lowest BCUT2D eigenvalue weighted by Crippen LogP contribution is -2.41. The third-order valence-corrected chi connectivity index (χ3v) is 7.54. The molecular formula is C24H29FN8O2. The summed E-state index contributed by atoms with van der Waals surface area (Å²) in [6.45, 7) is 2.94. The maximum absolute atomic E-state index is 14.5. The van der Waals surface area contributed by atoms with Crippen molar-refractivity contribution in [2.75, 3.05) is 24.3 Å². The Labute approximate surface area is 201 Å². The van der Waals surface area contributed by atoms with Crippen molar-refractivity contribution in [2.24, 2.45) is 0 Å². The van der Waals surface area contributed by atoms with Gasteiger partial charge in [0.1, 0.15) is 0 Å². The molecule has 1 aliphatic carbocycles. The van der Waals surface area contributed by atoms with E-state index in [2.05, 4.69) is 27.0 Å². The van der Waals surface area contributed by atoms with Crippen LogP contribution in [0.25, 0.3) is 16.6 Å². The van der Waals surface area contributed by atoms with Gasteiger partial charge in [0.25, 0.3) is 0 Å². The van der Waals surface area contributed by atoms with Gasteiger partial charge in [0, 0.05) is 36.2 Å². The van der Waals surface area contributed by atoms with Crippen LogP contribution in [0.4, 0.5) is 16.0 Å². The first-order chi connectivity index (χ1) is 16.9. The molecule has 1 saturated heterocycles. The maximum Gasteiger partial charge on any atom is 0.223 e. The number of rotatable bonds is 4. The lowest BCUT2D eigenvalue weighted by molar-refractivity contribution is 0.130. The number of ether oxygens (including phenoxy) is 1. The smallest absolute Gasteiger partial charge is 0.223 e.